The van der Waals surface area contributed by atoms with Crippen molar-refractivity contribution in [3.63, 3.8) is 0 Å². The molecule has 1 atom stereocenters. The van der Waals surface area contributed by atoms with Crippen LogP contribution in [0.3, 0.4) is 0 Å². The first kappa shape index (κ1) is 22.2. The summed E-state index contributed by atoms with van der Waals surface area (Å²) in [6.07, 6.45) is 3.62. The molecule has 7 heteroatoms. The van der Waals surface area contributed by atoms with E-state index < -0.39 is 10.0 Å². The number of sulfonamides is 1. The molecule has 162 valence electrons. The van der Waals surface area contributed by atoms with Crippen LogP contribution in [0.1, 0.15) is 30.9 Å². The molecule has 1 fully saturated rings. The second-order valence-corrected chi connectivity index (χ2v) is 10.2. The topological polar surface area (TPSA) is 69.7 Å². The number of nitrogens with zero attached hydrogens (tertiary/aromatic N) is 2. The number of anilines is 2. The number of carbonyl (C=O) groups excluding carboxylic acids is 1. The summed E-state index contributed by atoms with van der Waals surface area (Å²) < 4.78 is 25.5. The molecular weight excluding hydrogens is 398 g/mol. The minimum atomic E-state index is -3.57. The van der Waals surface area contributed by atoms with Crippen LogP contribution < -0.4 is 14.5 Å². The summed E-state index contributed by atoms with van der Waals surface area (Å²) in [5.41, 5.74) is 3.62. The number of amides is 1. The van der Waals surface area contributed by atoms with E-state index in [1.54, 1.807) is 18.2 Å². The molecule has 1 N–H and O–H groups in total. The van der Waals surface area contributed by atoms with E-state index >= 15 is 0 Å². The highest BCUT2D eigenvalue weighted by molar-refractivity contribution is 7.92. The van der Waals surface area contributed by atoms with Crippen LogP contribution in [0, 0.1) is 12.8 Å². The van der Waals surface area contributed by atoms with Gasteiger partial charge in [-0.25, -0.2) is 8.42 Å². The first-order valence-electron chi connectivity index (χ1n) is 10.4. The van der Waals surface area contributed by atoms with Crippen molar-refractivity contribution >= 4 is 27.3 Å². The third-order valence-electron chi connectivity index (χ3n) is 5.43. The van der Waals surface area contributed by atoms with Gasteiger partial charge in [-0.3, -0.25) is 9.10 Å². The van der Waals surface area contributed by atoms with E-state index in [1.807, 2.05) is 25.1 Å². The lowest BCUT2D eigenvalue weighted by Crippen LogP contribution is -2.40. The van der Waals surface area contributed by atoms with Crippen LogP contribution in [0.2, 0.25) is 0 Å². The van der Waals surface area contributed by atoms with Crippen molar-refractivity contribution in [2.75, 3.05) is 35.1 Å². The number of hydrogen-bond donors (Lipinski definition) is 1. The third-order valence-corrected chi connectivity index (χ3v) is 6.57. The largest absolute Gasteiger partial charge is 0.371 e. The van der Waals surface area contributed by atoms with Gasteiger partial charge in [-0.15, -0.1) is 0 Å². The Morgan fingerprint density at radius 1 is 1.20 bits per heavy atom. The molecule has 0 saturated carbocycles. The monoisotopic (exact) mass is 429 g/mol. The first-order valence-corrected chi connectivity index (χ1v) is 12.2. The Balaban J connectivity index is 1.59. The molecule has 0 bridgehead atoms. The molecule has 1 saturated heterocycles. The van der Waals surface area contributed by atoms with Gasteiger partial charge in [-0.2, -0.15) is 0 Å². The number of hydrogen-bond acceptors (Lipinski definition) is 4. The zero-order chi connectivity index (χ0) is 21.7. The number of benzene rings is 2. The summed E-state index contributed by atoms with van der Waals surface area (Å²) in [4.78, 5) is 14.9. The Bertz CT molecular complexity index is 973. The molecule has 0 aromatic heterocycles. The maximum atomic E-state index is 12.5. The van der Waals surface area contributed by atoms with E-state index in [1.165, 1.54) is 18.5 Å². The predicted molar refractivity (Wildman–Crippen MR) is 122 cm³/mol. The quantitative estimate of drug-likeness (QED) is 0.733. The normalized spacial score (nSPS) is 16.9. The summed E-state index contributed by atoms with van der Waals surface area (Å²) in [6.45, 7) is 6.45. The van der Waals surface area contributed by atoms with Gasteiger partial charge in [0, 0.05) is 25.3 Å². The smallest absolute Gasteiger partial charge is 0.241 e. The van der Waals surface area contributed by atoms with Crippen molar-refractivity contribution in [1.29, 1.82) is 0 Å². The first-order chi connectivity index (χ1) is 14.2. The van der Waals surface area contributed by atoms with E-state index in [-0.39, 0.29) is 12.5 Å². The highest BCUT2D eigenvalue weighted by atomic mass is 32.2. The molecule has 6 nitrogen and oxygen atoms in total. The van der Waals surface area contributed by atoms with E-state index in [9.17, 15) is 13.2 Å². The van der Waals surface area contributed by atoms with Crippen LogP contribution in [0.5, 0.6) is 0 Å². The maximum absolute atomic E-state index is 12.5. The number of piperidine rings is 1. The predicted octanol–water partition coefficient (Wildman–Crippen LogP) is 3.31. The molecule has 30 heavy (non-hydrogen) atoms. The molecule has 1 aliphatic rings. The molecular formula is C23H31N3O3S. The lowest BCUT2D eigenvalue weighted by molar-refractivity contribution is -0.119. The molecule has 2 aromatic rings. The van der Waals surface area contributed by atoms with Gasteiger partial charge in [0.05, 0.1) is 11.9 Å². The Hall–Kier alpha value is -2.54. The summed E-state index contributed by atoms with van der Waals surface area (Å²) in [5.74, 6) is 0.375. The van der Waals surface area contributed by atoms with E-state index in [2.05, 4.69) is 29.3 Å². The fourth-order valence-corrected chi connectivity index (χ4v) is 4.67. The van der Waals surface area contributed by atoms with Crippen molar-refractivity contribution < 1.29 is 13.2 Å². The summed E-state index contributed by atoms with van der Waals surface area (Å²) in [7, 11) is -3.57. The van der Waals surface area contributed by atoms with Crippen molar-refractivity contribution in [2.45, 2.75) is 33.2 Å². The molecule has 1 amide bonds. The standard InChI is InChI=1S/C23H31N3O3S/c1-18-6-4-8-22(14-18)26(30(3,28)29)17-23(27)24-15-20-9-11-21(12-10-20)25-13-5-7-19(2)16-25/h4,6,8-12,14,19H,5,7,13,15-17H2,1-3H3,(H,24,27). The Morgan fingerprint density at radius 3 is 2.57 bits per heavy atom. The minimum absolute atomic E-state index is 0.244. The fraction of sp³-hybridized carbons (Fsp3) is 0.435. The van der Waals surface area contributed by atoms with Gasteiger partial charge in [-0.1, -0.05) is 31.2 Å². The van der Waals surface area contributed by atoms with Gasteiger partial charge >= 0.3 is 0 Å². The Kier molecular flexibility index (Phi) is 7.02. The van der Waals surface area contributed by atoms with Crippen LogP contribution in [-0.4, -0.2) is 40.2 Å². The van der Waals surface area contributed by atoms with E-state index in [4.69, 9.17) is 0 Å². The van der Waals surface area contributed by atoms with Gasteiger partial charge in [-0.05, 0) is 61.1 Å². The number of rotatable bonds is 7. The zero-order valence-corrected chi connectivity index (χ0v) is 18.8. The van der Waals surface area contributed by atoms with Gasteiger partial charge in [0.15, 0.2) is 0 Å². The molecule has 2 aromatic carbocycles. The van der Waals surface area contributed by atoms with Crippen LogP contribution in [0.4, 0.5) is 11.4 Å². The molecule has 0 spiro atoms. The molecule has 1 unspecified atom stereocenters. The van der Waals surface area contributed by atoms with Gasteiger partial charge in [0.2, 0.25) is 15.9 Å². The average molecular weight is 430 g/mol. The highest BCUT2D eigenvalue weighted by Crippen LogP contribution is 2.23. The number of nitrogens with one attached hydrogen (secondary N) is 1. The molecule has 0 radical (unpaired) electrons. The van der Waals surface area contributed by atoms with Gasteiger partial charge in [0.1, 0.15) is 6.54 Å². The number of carbonyl (C=O) groups is 1. The van der Waals surface area contributed by atoms with Crippen LogP contribution in [-0.2, 0) is 21.4 Å². The minimum Gasteiger partial charge on any atom is -0.371 e. The van der Waals surface area contributed by atoms with Gasteiger partial charge < -0.3 is 10.2 Å². The van der Waals surface area contributed by atoms with Gasteiger partial charge in [0.25, 0.3) is 0 Å². The van der Waals surface area contributed by atoms with Crippen molar-refractivity contribution in [3.05, 3.63) is 59.7 Å². The maximum Gasteiger partial charge on any atom is 0.241 e. The fourth-order valence-electron chi connectivity index (χ4n) is 3.82. The molecule has 1 aliphatic heterocycles. The van der Waals surface area contributed by atoms with Crippen molar-refractivity contribution in [3.8, 4) is 0 Å². The Morgan fingerprint density at radius 2 is 1.93 bits per heavy atom. The summed E-state index contributed by atoms with van der Waals surface area (Å²) >= 11 is 0. The van der Waals surface area contributed by atoms with Crippen LogP contribution >= 0.6 is 0 Å². The third kappa shape index (κ3) is 5.98. The van der Waals surface area contributed by atoms with Crippen molar-refractivity contribution in [2.24, 2.45) is 5.92 Å². The molecule has 3 rings (SSSR count). The molecule has 0 aliphatic carbocycles. The molecule has 1 heterocycles. The summed E-state index contributed by atoms with van der Waals surface area (Å²) in [6, 6.07) is 15.3. The second kappa shape index (κ2) is 9.51. The lowest BCUT2D eigenvalue weighted by atomic mass is 9.99. The van der Waals surface area contributed by atoms with E-state index in [0.717, 1.165) is 34.8 Å². The summed E-state index contributed by atoms with van der Waals surface area (Å²) in [5, 5.41) is 2.83. The van der Waals surface area contributed by atoms with Crippen molar-refractivity contribution in [1.82, 2.24) is 5.32 Å². The number of aryl methyl sites for hydroxylation is 1. The average Bonchev–Trinajstić information content (AvgIpc) is 2.70. The van der Waals surface area contributed by atoms with Crippen LogP contribution in [0.25, 0.3) is 0 Å². The zero-order valence-electron chi connectivity index (χ0n) is 18.0. The lowest BCUT2D eigenvalue weighted by Gasteiger charge is -2.32. The second-order valence-electron chi connectivity index (χ2n) is 8.25. The highest BCUT2D eigenvalue weighted by Gasteiger charge is 2.21. The SMILES string of the molecule is Cc1cccc(N(CC(=O)NCc2ccc(N3CCCC(C)C3)cc2)S(C)(=O)=O)c1. The van der Waals surface area contributed by atoms with E-state index in [0.29, 0.717) is 18.2 Å². The Labute approximate surface area is 179 Å². The van der Waals surface area contributed by atoms with Crippen LogP contribution in [0.15, 0.2) is 48.5 Å².